The molecule has 0 radical (unpaired) electrons. The van der Waals surface area contributed by atoms with Crippen molar-refractivity contribution in [3.63, 3.8) is 0 Å². The van der Waals surface area contributed by atoms with Gasteiger partial charge in [0, 0.05) is 18.7 Å². The fourth-order valence-corrected chi connectivity index (χ4v) is 4.16. The molecule has 25 heavy (non-hydrogen) atoms. The monoisotopic (exact) mass is 340 g/mol. The lowest BCUT2D eigenvalue weighted by Gasteiger charge is -2.23. The number of hydrogen-bond acceptors (Lipinski definition) is 4. The molecule has 4 rings (SSSR count). The fraction of sp³-hybridized carbons (Fsp3) is 0.444. The maximum atomic E-state index is 12.6. The zero-order chi connectivity index (χ0) is 17.4. The van der Waals surface area contributed by atoms with Crippen LogP contribution in [0.5, 0.6) is 0 Å². The predicted octanol–water partition coefficient (Wildman–Crippen LogP) is 1.66. The van der Waals surface area contributed by atoms with Gasteiger partial charge < -0.3 is 10.0 Å². The molecule has 7 nitrogen and oxygen atoms in total. The highest BCUT2D eigenvalue weighted by Gasteiger charge is 2.55. The summed E-state index contributed by atoms with van der Waals surface area (Å²) in [6.45, 7) is 0.930. The molecule has 2 atom stereocenters. The van der Waals surface area contributed by atoms with Gasteiger partial charge in [-0.05, 0) is 18.8 Å². The highest BCUT2D eigenvalue weighted by atomic mass is 16.4. The number of carbonyl (C=O) groups is 2. The molecule has 7 heteroatoms. The molecule has 1 amide bonds. The van der Waals surface area contributed by atoms with Crippen molar-refractivity contribution < 1.29 is 14.7 Å². The molecule has 2 aliphatic rings. The van der Waals surface area contributed by atoms with Crippen LogP contribution in [-0.2, 0) is 16.1 Å². The number of aromatic nitrogens is 3. The van der Waals surface area contributed by atoms with E-state index in [9.17, 15) is 14.7 Å². The number of likely N-dealkylation sites (tertiary alicyclic amines) is 1. The van der Waals surface area contributed by atoms with Gasteiger partial charge in [0.2, 0.25) is 5.91 Å². The van der Waals surface area contributed by atoms with E-state index < -0.39 is 11.4 Å². The molecule has 0 spiro atoms. The van der Waals surface area contributed by atoms with E-state index in [1.807, 2.05) is 30.3 Å². The Hall–Kier alpha value is -2.70. The molecule has 1 aliphatic carbocycles. The van der Waals surface area contributed by atoms with Crippen LogP contribution in [0.4, 0.5) is 0 Å². The van der Waals surface area contributed by atoms with Gasteiger partial charge in [0.15, 0.2) is 5.82 Å². The molecule has 0 bridgehead atoms. The van der Waals surface area contributed by atoms with Crippen LogP contribution in [0.1, 0.15) is 19.3 Å². The maximum Gasteiger partial charge on any atom is 0.311 e. The zero-order valence-electron chi connectivity index (χ0n) is 13.8. The van der Waals surface area contributed by atoms with Crippen LogP contribution in [0.2, 0.25) is 0 Å². The first-order valence-electron chi connectivity index (χ1n) is 8.54. The second-order valence-electron chi connectivity index (χ2n) is 6.96. The zero-order valence-corrected chi connectivity index (χ0v) is 13.8. The SMILES string of the molecule is O=C(Cn1cnc(-c2ccccc2)n1)N1C[C@@H]2CCC[C@@]2(C(=O)O)C1. The summed E-state index contributed by atoms with van der Waals surface area (Å²) in [5, 5.41) is 14.0. The second kappa shape index (κ2) is 5.98. The number of amides is 1. The van der Waals surface area contributed by atoms with Gasteiger partial charge in [-0.2, -0.15) is 5.10 Å². The number of hydrogen-bond donors (Lipinski definition) is 1. The molecule has 2 heterocycles. The highest BCUT2D eigenvalue weighted by molar-refractivity contribution is 5.81. The molecule has 1 aliphatic heterocycles. The van der Waals surface area contributed by atoms with Crippen molar-refractivity contribution in [2.75, 3.05) is 13.1 Å². The van der Waals surface area contributed by atoms with Gasteiger partial charge in [-0.3, -0.25) is 9.59 Å². The average Bonchev–Trinajstić information content (AvgIpc) is 3.29. The Morgan fingerprint density at radius 3 is 2.80 bits per heavy atom. The molecule has 2 aromatic rings. The van der Waals surface area contributed by atoms with Crippen molar-refractivity contribution >= 4 is 11.9 Å². The van der Waals surface area contributed by atoms with E-state index in [0.717, 1.165) is 18.4 Å². The summed E-state index contributed by atoms with van der Waals surface area (Å²) in [5.74, 6) is -0.213. The number of carbonyl (C=O) groups excluding carboxylic acids is 1. The summed E-state index contributed by atoms with van der Waals surface area (Å²) in [7, 11) is 0. The van der Waals surface area contributed by atoms with Crippen molar-refractivity contribution in [2.45, 2.75) is 25.8 Å². The number of aliphatic carboxylic acids is 1. The minimum absolute atomic E-state index is 0.0737. The summed E-state index contributed by atoms with van der Waals surface area (Å²) < 4.78 is 1.52. The molecule has 2 fully saturated rings. The Balaban J connectivity index is 1.45. The Labute approximate surface area is 145 Å². The van der Waals surface area contributed by atoms with Crippen LogP contribution in [0, 0.1) is 11.3 Å². The third-order valence-corrected chi connectivity index (χ3v) is 5.52. The van der Waals surface area contributed by atoms with Crippen LogP contribution in [0.3, 0.4) is 0 Å². The first-order valence-corrected chi connectivity index (χ1v) is 8.54. The van der Waals surface area contributed by atoms with Crippen LogP contribution in [0.15, 0.2) is 36.7 Å². The quantitative estimate of drug-likeness (QED) is 0.914. The van der Waals surface area contributed by atoms with E-state index in [1.54, 1.807) is 11.2 Å². The summed E-state index contributed by atoms with van der Waals surface area (Å²) in [6.07, 6.45) is 4.03. The molecule has 0 unspecified atom stereocenters. The van der Waals surface area contributed by atoms with Gasteiger partial charge in [0.1, 0.15) is 12.9 Å². The first kappa shape index (κ1) is 15.8. The van der Waals surface area contributed by atoms with Crippen LogP contribution in [0.25, 0.3) is 11.4 Å². The number of carboxylic acids is 1. The summed E-state index contributed by atoms with van der Waals surface area (Å²) >= 11 is 0. The van der Waals surface area contributed by atoms with E-state index in [-0.39, 0.29) is 18.4 Å². The number of rotatable bonds is 4. The molecule has 1 aromatic heterocycles. The van der Waals surface area contributed by atoms with Crippen LogP contribution < -0.4 is 0 Å². The van der Waals surface area contributed by atoms with E-state index >= 15 is 0 Å². The van der Waals surface area contributed by atoms with E-state index in [4.69, 9.17) is 0 Å². The topological polar surface area (TPSA) is 88.3 Å². The minimum atomic E-state index is -0.766. The lowest BCUT2D eigenvalue weighted by molar-refractivity contribution is -0.149. The molecular formula is C18H20N4O3. The Morgan fingerprint density at radius 2 is 2.08 bits per heavy atom. The van der Waals surface area contributed by atoms with Crippen LogP contribution in [-0.4, -0.2) is 49.7 Å². The number of benzene rings is 1. The van der Waals surface area contributed by atoms with Crippen molar-refractivity contribution in [3.05, 3.63) is 36.7 Å². The molecule has 1 aromatic carbocycles. The standard InChI is InChI=1S/C18H20N4O3/c23-15(21-9-14-7-4-8-18(14,11-21)17(24)25)10-22-12-19-16(20-22)13-5-2-1-3-6-13/h1-3,5-6,12,14H,4,7-11H2,(H,24,25)/t14-,18+/m0/s1. The van der Waals surface area contributed by atoms with Crippen molar-refractivity contribution in [1.82, 2.24) is 19.7 Å². The molecule has 1 saturated carbocycles. The van der Waals surface area contributed by atoms with Crippen molar-refractivity contribution in [3.8, 4) is 11.4 Å². The largest absolute Gasteiger partial charge is 0.481 e. The lowest BCUT2D eigenvalue weighted by Crippen LogP contribution is -2.38. The van der Waals surface area contributed by atoms with Gasteiger partial charge in [0.25, 0.3) is 0 Å². The number of carboxylic acid groups (broad SMARTS) is 1. The highest BCUT2D eigenvalue weighted by Crippen LogP contribution is 2.48. The van der Waals surface area contributed by atoms with Gasteiger partial charge in [-0.25, -0.2) is 9.67 Å². The van der Waals surface area contributed by atoms with E-state index in [0.29, 0.717) is 25.3 Å². The summed E-state index contributed by atoms with van der Waals surface area (Å²) in [6, 6.07) is 9.58. The lowest BCUT2D eigenvalue weighted by atomic mass is 9.81. The van der Waals surface area contributed by atoms with Crippen molar-refractivity contribution in [1.29, 1.82) is 0 Å². The second-order valence-corrected chi connectivity index (χ2v) is 6.96. The molecule has 130 valence electrons. The molecule has 1 saturated heterocycles. The molecular weight excluding hydrogens is 320 g/mol. The Kier molecular flexibility index (Phi) is 3.78. The third-order valence-electron chi connectivity index (χ3n) is 5.52. The van der Waals surface area contributed by atoms with E-state index in [1.165, 1.54) is 4.68 Å². The number of nitrogens with zero attached hydrogens (tertiary/aromatic N) is 4. The summed E-state index contributed by atoms with van der Waals surface area (Å²) in [5.41, 5.74) is 0.155. The third kappa shape index (κ3) is 2.69. The Morgan fingerprint density at radius 1 is 1.28 bits per heavy atom. The van der Waals surface area contributed by atoms with Gasteiger partial charge >= 0.3 is 5.97 Å². The average molecular weight is 340 g/mol. The van der Waals surface area contributed by atoms with E-state index in [2.05, 4.69) is 10.1 Å². The Bertz CT molecular complexity index is 804. The van der Waals surface area contributed by atoms with Crippen LogP contribution >= 0.6 is 0 Å². The van der Waals surface area contributed by atoms with Gasteiger partial charge in [0.05, 0.1) is 5.41 Å². The first-order chi connectivity index (χ1) is 12.1. The van der Waals surface area contributed by atoms with Gasteiger partial charge in [-0.1, -0.05) is 36.8 Å². The fourth-order valence-electron chi connectivity index (χ4n) is 4.16. The van der Waals surface area contributed by atoms with Crippen molar-refractivity contribution in [2.24, 2.45) is 11.3 Å². The normalized spacial score (nSPS) is 25.1. The summed E-state index contributed by atoms with van der Waals surface area (Å²) in [4.78, 5) is 30.3. The number of fused-ring (bicyclic) bond motifs is 1. The maximum absolute atomic E-state index is 12.6. The molecule has 1 N–H and O–H groups in total. The van der Waals surface area contributed by atoms with Gasteiger partial charge in [-0.15, -0.1) is 0 Å². The smallest absolute Gasteiger partial charge is 0.311 e. The minimum Gasteiger partial charge on any atom is -0.481 e. The predicted molar refractivity (Wildman–Crippen MR) is 89.4 cm³/mol.